The Kier molecular flexibility index (Phi) is 3.08. The molecule has 2 aromatic rings. The van der Waals surface area contributed by atoms with Crippen LogP contribution in [0.15, 0.2) is 24.8 Å². The van der Waals surface area contributed by atoms with Crippen LogP contribution in [0.3, 0.4) is 0 Å². The third kappa shape index (κ3) is 2.15. The molecule has 0 unspecified atom stereocenters. The zero-order chi connectivity index (χ0) is 11.5. The summed E-state index contributed by atoms with van der Waals surface area (Å²) < 4.78 is 4.37. The number of aromatic nitrogens is 4. The number of imidazole rings is 2. The van der Waals surface area contributed by atoms with Crippen molar-refractivity contribution in [3.8, 4) is 0 Å². The number of rotatable bonds is 4. The van der Waals surface area contributed by atoms with E-state index in [4.69, 9.17) is 0 Å². The molecule has 0 fully saturated rings. The van der Waals surface area contributed by atoms with Crippen LogP contribution in [0.25, 0.3) is 0 Å². The first-order valence-corrected chi connectivity index (χ1v) is 5.67. The second-order valence-corrected chi connectivity index (χ2v) is 4.30. The van der Waals surface area contributed by atoms with E-state index in [0.717, 1.165) is 24.7 Å². The average molecular weight is 218 g/mol. The van der Waals surface area contributed by atoms with Crippen molar-refractivity contribution in [2.45, 2.75) is 39.8 Å². The molecule has 0 saturated carbocycles. The first kappa shape index (κ1) is 10.9. The highest BCUT2D eigenvalue weighted by Crippen LogP contribution is 2.11. The van der Waals surface area contributed by atoms with E-state index in [1.54, 1.807) is 0 Å². The van der Waals surface area contributed by atoms with Gasteiger partial charge >= 0.3 is 0 Å². The predicted octanol–water partition coefficient (Wildman–Crippen LogP) is 2.21. The van der Waals surface area contributed by atoms with Crippen molar-refractivity contribution in [2.24, 2.45) is 0 Å². The van der Waals surface area contributed by atoms with Crippen molar-refractivity contribution in [2.75, 3.05) is 0 Å². The maximum Gasteiger partial charge on any atom is 0.111 e. The lowest BCUT2D eigenvalue weighted by atomic mass is 10.2. The summed E-state index contributed by atoms with van der Waals surface area (Å²) in [6.45, 7) is 8.26. The summed E-state index contributed by atoms with van der Waals surface area (Å²) in [5.41, 5.74) is 0. The Labute approximate surface area is 96.0 Å². The molecule has 0 aliphatic heterocycles. The van der Waals surface area contributed by atoms with Crippen molar-refractivity contribution in [3.05, 3.63) is 36.4 Å². The highest BCUT2D eigenvalue weighted by atomic mass is 15.1. The summed E-state index contributed by atoms with van der Waals surface area (Å²) in [7, 11) is 0. The van der Waals surface area contributed by atoms with Crippen molar-refractivity contribution in [1.29, 1.82) is 0 Å². The number of aryl methyl sites for hydroxylation is 3. The fourth-order valence-corrected chi connectivity index (χ4v) is 1.87. The third-order valence-corrected chi connectivity index (χ3v) is 2.77. The van der Waals surface area contributed by atoms with Crippen LogP contribution in [0, 0.1) is 6.92 Å². The van der Waals surface area contributed by atoms with Crippen LogP contribution in [-0.4, -0.2) is 19.1 Å². The molecular formula is C12H18N4. The Hall–Kier alpha value is -1.58. The molecule has 4 nitrogen and oxygen atoms in total. The van der Waals surface area contributed by atoms with Gasteiger partial charge in [-0.3, -0.25) is 0 Å². The molecule has 2 rings (SSSR count). The zero-order valence-electron chi connectivity index (χ0n) is 10.1. The lowest BCUT2D eigenvalue weighted by Gasteiger charge is -2.11. The van der Waals surface area contributed by atoms with Gasteiger partial charge in [0.2, 0.25) is 0 Å². The van der Waals surface area contributed by atoms with Gasteiger partial charge in [0, 0.05) is 43.8 Å². The Morgan fingerprint density at radius 3 is 2.31 bits per heavy atom. The Morgan fingerprint density at radius 1 is 1.06 bits per heavy atom. The standard InChI is InChI=1S/C12H18N4/c1-10(2)12-14-5-7-16(12)9-8-15-6-4-13-11(15)3/h4-7,10H,8-9H2,1-3H3. The summed E-state index contributed by atoms with van der Waals surface area (Å²) in [6.07, 6.45) is 7.77. The summed E-state index contributed by atoms with van der Waals surface area (Å²) >= 11 is 0. The molecule has 0 amide bonds. The third-order valence-electron chi connectivity index (χ3n) is 2.77. The number of nitrogens with zero attached hydrogens (tertiary/aromatic N) is 4. The molecule has 0 aliphatic carbocycles. The average Bonchev–Trinajstić information content (AvgIpc) is 2.83. The maximum absolute atomic E-state index is 4.38. The minimum atomic E-state index is 0.471. The fraction of sp³-hybridized carbons (Fsp3) is 0.500. The van der Waals surface area contributed by atoms with E-state index >= 15 is 0 Å². The van der Waals surface area contributed by atoms with Crippen LogP contribution in [0.5, 0.6) is 0 Å². The molecule has 0 N–H and O–H groups in total. The molecule has 0 saturated heterocycles. The lowest BCUT2D eigenvalue weighted by Crippen LogP contribution is -2.11. The van der Waals surface area contributed by atoms with Gasteiger partial charge < -0.3 is 9.13 Å². The van der Waals surface area contributed by atoms with E-state index in [1.807, 2.05) is 31.7 Å². The maximum atomic E-state index is 4.38. The van der Waals surface area contributed by atoms with E-state index in [-0.39, 0.29) is 0 Å². The first-order chi connectivity index (χ1) is 7.68. The molecule has 2 aromatic heterocycles. The molecule has 0 spiro atoms. The van der Waals surface area contributed by atoms with E-state index in [9.17, 15) is 0 Å². The van der Waals surface area contributed by atoms with E-state index < -0.39 is 0 Å². The molecule has 0 radical (unpaired) electrons. The summed E-state index contributed by atoms with van der Waals surface area (Å²) in [5.74, 6) is 2.68. The van der Waals surface area contributed by atoms with Gasteiger partial charge in [0.25, 0.3) is 0 Å². The van der Waals surface area contributed by atoms with Crippen molar-refractivity contribution >= 4 is 0 Å². The molecule has 0 atom stereocenters. The van der Waals surface area contributed by atoms with Gasteiger partial charge in [-0.15, -0.1) is 0 Å². The van der Waals surface area contributed by atoms with Crippen LogP contribution in [0.1, 0.15) is 31.4 Å². The fourth-order valence-electron chi connectivity index (χ4n) is 1.87. The molecule has 2 heterocycles. The SMILES string of the molecule is Cc1nccn1CCn1ccnc1C(C)C. The van der Waals surface area contributed by atoms with Crippen molar-refractivity contribution in [3.63, 3.8) is 0 Å². The van der Waals surface area contributed by atoms with E-state index in [0.29, 0.717) is 5.92 Å². The largest absolute Gasteiger partial charge is 0.333 e. The summed E-state index contributed by atoms with van der Waals surface area (Å²) in [6, 6.07) is 0. The second kappa shape index (κ2) is 4.51. The Balaban J connectivity index is 2.05. The topological polar surface area (TPSA) is 35.6 Å². The molecule has 0 aliphatic rings. The smallest absolute Gasteiger partial charge is 0.111 e. The van der Waals surface area contributed by atoms with Gasteiger partial charge in [-0.1, -0.05) is 13.8 Å². The van der Waals surface area contributed by atoms with Crippen molar-refractivity contribution < 1.29 is 0 Å². The molecular weight excluding hydrogens is 200 g/mol. The highest BCUT2D eigenvalue weighted by Gasteiger charge is 2.06. The minimum absolute atomic E-state index is 0.471. The van der Waals surface area contributed by atoms with Gasteiger partial charge in [0.1, 0.15) is 11.6 Å². The molecule has 0 aromatic carbocycles. The van der Waals surface area contributed by atoms with Crippen LogP contribution >= 0.6 is 0 Å². The van der Waals surface area contributed by atoms with E-state index in [2.05, 4.69) is 32.9 Å². The van der Waals surface area contributed by atoms with Gasteiger partial charge in [-0.05, 0) is 6.92 Å². The Morgan fingerprint density at radius 2 is 1.69 bits per heavy atom. The van der Waals surface area contributed by atoms with Crippen LogP contribution < -0.4 is 0 Å². The van der Waals surface area contributed by atoms with Crippen LogP contribution in [-0.2, 0) is 13.1 Å². The van der Waals surface area contributed by atoms with Gasteiger partial charge in [-0.2, -0.15) is 0 Å². The summed E-state index contributed by atoms with van der Waals surface area (Å²) in [4.78, 5) is 8.59. The van der Waals surface area contributed by atoms with E-state index in [1.165, 1.54) is 0 Å². The first-order valence-electron chi connectivity index (χ1n) is 5.67. The monoisotopic (exact) mass is 218 g/mol. The minimum Gasteiger partial charge on any atom is -0.333 e. The molecule has 0 bridgehead atoms. The highest BCUT2D eigenvalue weighted by molar-refractivity contribution is 4.97. The van der Waals surface area contributed by atoms with Gasteiger partial charge in [0.15, 0.2) is 0 Å². The predicted molar refractivity (Wildman–Crippen MR) is 63.3 cm³/mol. The number of hydrogen-bond donors (Lipinski definition) is 0. The molecule has 4 heteroatoms. The number of hydrogen-bond acceptors (Lipinski definition) is 2. The molecule has 86 valence electrons. The van der Waals surface area contributed by atoms with Crippen LogP contribution in [0.4, 0.5) is 0 Å². The quantitative estimate of drug-likeness (QED) is 0.788. The zero-order valence-corrected chi connectivity index (χ0v) is 10.1. The lowest BCUT2D eigenvalue weighted by molar-refractivity contribution is 0.538. The van der Waals surface area contributed by atoms with Crippen LogP contribution in [0.2, 0.25) is 0 Å². The van der Waals surface area contributed by atoms with Gasteiger partial charge in [0.05, 0.1) is 0 Å². The van der Waals surface area contributed by atoms with Gasteiger partial charge in [-0.25, -0.2) is 9.97 Å². The normalized spacial score (nSPS) is 11.2. The Bertz CT molecular complexity index is 453. The second-order valence-electron chi connectivity index (χ2n) is 4.30. The van der Waals surface area contributed by atoms with Crippen molar-refractivity contribution in [1.82, 2.24) is 19.1 Å². The summed E-state index contributed by atoms with van der Waals surface area (Å²) in [5, 5.41) is 0. The molecule has 16 heavy (non-hydrogen) atoms.